The molecule has 0 unspecified atom stereocenters. The van der Waals surface area contributed by atoms with Crippen LogP contribution in [0.25, 0.3) is 16.2 Å². The highest BCUT2D eigenvalue weighted by atomic mass is 32.1. The highest BCUT2D eigenvalue weighted by Crippen LogP contribution is 2.26. The summed E-state index contributed by atoms with van der Waals surface area (Å²) < 4.78 is 6.56. The Morgan fingerprint density at radius 2 is 2.19 bits per heavy atom. The Bertz CT molecular complexity index is 1120. The largest absolute Gasteiger partial charge is 0.385 e. The van der Waals surface area contributed by atoms with Crippen LogP contribution in [0.1, 0.15) is 18.3 Å². The van der Waals surface area contributed by atoms with Crippen molar-refractivity contribution in [3.05, 3.63) is 45.7 Å². The summed E-state index contributed by atoms with van der Waals surface area (Å²) in [5.74, 6) is 0.528. The van der Waals surface area contributed by atoms with Crippen LogP contribution in [0.15, 0.2) is 34.7 Å². The van der Waals surface area contributed by atoms with Gasteiger partial charge in [-0.1, -0.05) is 0 Å². The lowest BCUT2D eigenvalue weighted by molar-refractivity contribution is -0.125. The van der Waals surface area contributed by atoms with Crippen LogP contribution in [0.4, 0.5) is 5.82 Å². The van der Waals surface area contributed by atoms with Crippen molar-refractivity contribution in [2.24, 2.45) is 5.92 Å². The number of carbonyl (C=O) groups is 1. The maximum Gasteiger partial charge on any atom is 0.226 e. The first kappa shape index (κ1) is 21.4. The second kappa shape index (κ2) is 9.10. The number of anilines is 1. The van der Waals surface area contributed by atoms with Crippen LogP contribution in [0.5, 0.6) is 0 Å². The summed E-state index contributed by atoms with van der Waals surface area (Å²) in [5.41, 5.74) is -0.269. The van der Waals surface area contributed by atoms with Gasteiger partial charge in [0, 0.05) is 51.1 Å². The van der Waals surface area contributed by atoms with Gasteiger partial charge in [-0.25, -0.2) is 9.97 Å². The van der Waals surface area contributed by atoms with E-state index in [1.807, 2.05) is 4.90 Å². The van der Waals surface area contributed by atoms with Crippen molar-refractivity contribution in [1.29, 1.82) is 0 Å². The molecule has 3 aromatic rings. The third-order valence-corrected chi connectivity index (χ3v) is 5.94. The van der Waals surface area contributed by atoms with Gasteiger partial charge in [-0.2, -0.15) is 0 Å². The number of amides is 1. The van der Waals surface area contributed by atoms with Crippen molar-refractivity contribution in [1.82, 2.24) is 19.9 Å². The van der Waals surface area contributed by atoms with E-state index < -0.39 is 11.7 Å². The first-order valence-electron chi connectivity index (χ1n) is 9.83. The summed E-state index contributed by atoms with van der Waals surface area (Å²) in [4.78, 5) is 35.8. The first-order chi connectivity index (χ1) is 15.0. The minimum atomic E-state index is -1.90. The van der Waals surface area contributed by atoms with Crippen molar-refractivity contribution in [2.75, 3.05) is 38.3 Å². The number of pyridine rings is 2. The summed E-state index contributed by atoms with van der Waals surface area (Å²) in [5, 5.41) is 24.7. The standard InChI is InChI=1S/C20H23N5O5S/c1-30-7-2-5-21-18(27)12-9-24(10-12)15-4-3-13-16(26)14(19(28)29)11-25(17(13)23-15)20-22-6-8-31-20/h3-4,6,8,11-12,19,28-29H,2,5,7,9-10H2,1H3,(H,21,27). The molecule has 31 heavy (non-hydrogen) atoms. The Morgan fingerprint density at radius 3 is 2.87 bits per heavy atom. The van der Waals surface area contributed by atoms with Crippen LogP contribution < -0.4 is 15.6 Å². The van der Waals surface area contributed by atoms with Gasteiger partial charge < -0.3 is 25.2 Å². The van der Waals surface area contributed by atoms with E-state index in [-0.39, 0.29) is 22.8 Å². The molecule has 1 aliphatic heterocycles. The molecule has 1 saturated heterocycles. The molecule has 0 saturated carbocycles. The SMILES string of the molecule is COCCCNC(=O)C1CN(c2ccc3c(=O)c(C(O)O)cn(-c4nccs4)c3n2)C1. The average Bonchev–Trinajstić information content (AvgIpc) is 3.25. The number of hydrogen-bond donors (Lipinski definition) is 3. The highest BCUT2D eigenvalue weighted by molar-refractivity contribution is 7.12. The molecule has 0 radical (unpaired) electrons. The number of fused-ring (bicyclic) bond motifs is 1. The molecule has 0 atom stereocenters. The number of carbonyl (C=O) groups excluding carboxylic acids is 1. The molecule has 3 N–H and O–H groups in total. The Morgan fingerprint density at radius 1 is 1.39 bits per heavy atom. The van der Waals surface area contributed by atoms with E-state index in [1.54, 1.807) is 35.4 Å². The Hall–Kier alpha value is -2.86. The molecule has 0 bridgehead atoms. The van der Waals surface area contributed by atoms with E-state index in [9.17, 15) is 19.8 Å². The van der Waals surface area contributed by atoms with Gasteiger partial charge in [0.15, 0.2) is 22.5 Å². The van der Waals surface area contributed by atoms with Gasteiger partial charge >= 0.3 is 0 Å². The summed E-state index contributed by atoms with van der Waals surface area (Å²) in [6.07, 6.45) is 1.84. The second-order valence-corrected chi connectivity index (χ2v) is 8.12. The average molecular weight is 446 g/mol. The number of nitrogens with zero attached hydrogens (tertiary/aromatic N) is 4. The first-order valence-corrected chi connectivity index (χ1v) is 10.7. The second-order valence-electron chi connectivity index (χ2n) is 7.25. The number of rotatable bonds is 8. The fourth-order valence-electron chi connectivity index (χ4n) is 3.46. The van der Waals surface area contributed by atoms with E-state index in [2.05, 4.69) is 15.3 Å². The lowest BCUT2D eigenvalue weighted by Crippen LogP contribution is -2.54. The quantitative estimate of drug-likeness (QED) is 0.336. The van der Waals surface area contributed by atoms with Gasteiger partial charge in [0.25, 0.3) is 0 Å². The molecular weight excluding hydrogens is 422 g/mol. The zero-order valence-corrected chi connectivity index (χ0v) is 17.7. The van der Waals surface area contributed by atoms with Crippen LogP contribution in [0.2, 0.25) is 0 Å². The lowest BCUT2D eigenvalue weighted by atomic mass is 9.99. The van der Waals surface area contributed by atoms with Gasteiger partial charge in [-0.15, -0.1) is 11.3 Å². The van der Waals surface area contributed by atoms with Crippen molar-refractivity contribution < 1.29 is 19.7 Å². The lowest BCUT2D eigenvalue weighted by Gasteiger charge is -2.39. The molecule has 164 valence electrons. The maximum atomic E-state index is 12.7. The predicted molar refractivity (Wildman–Crippen MR) is 115 cm³/mol. The Kier molecular flexibility index (Phi) is 6.28. The van der Waals surface area contributed by atoms with Crippen LogP contribution in [-0.4, -0.2) is 64.0 Å². The fourth-order valence-corrected chi connectivity index (χ4v) is 4.08. The molecule has 3 aromatic heterocycles. The number of ether oxygens (including phenoxy) is 1. The molecule has 0 aromatic carbocycles. The molecule has 11 heteroatoms. The molecule has 0 spiro atoms. The number of hydrogen-bond acceptors (Lipinski definition) is 9. The summed E-state index contributed by atoms with van der Waals surface area (Å²) in [6, 6.07) is 3.32. The van der Waals surface area contributed by atoms with Crippen molar-refractivity contribution >= 4 is 34.1 Å². The van der Waals surface area contributed by atoms with Gasteiger partial charge in [0.05, 0.1) is 16.9 Å². The monoisotopic (exact) mass is 445 g/mol. The van der Waals surface area contributed by atoms with Crippen molar-refractivity contribution in [3.63, 3.8) is 0 Å². The summed E-state index contributed by atoms with van der Waals surface area (Å²) in [6.45, 7) is 2.25. The molecular formula is C20H23N5O5S. The third-order valence-electron chi connectivity index (χ3n) is 5.17. The van der Waals surface area contributed by atoms with E-state index in [4.69, 9.17) is 4.74 Å². The summed E-state index contributed by atoms with van der Waals surface area (Å²) in [7, 11) is 1.63. The zero-order chi connectivity index (χ0) is 22.0. The van der Waals surface area contributed by atoms with E-state index >= 15 is 0 Å². The number of aliphatic hydroxyl groups is 2. The number of nitrogens with one attached hydrogen (secondary N) is 1. The van der Waals surface area contributed by atoms with Gasteiger partial charge in [-0.3, -0.25) is 14.2 Å². The van der Waals surface area contributed by atoms with Gasteiger partial charge in [0.1, 0.15) is 5.82 Å². The van der Waals surface area contributed by atoms with Crippen molar-refractivity contribution in [3.8, 4) is 5.13 Å². The highest BCUT2D eigenvalue weighted by Gasteiger charge is 2.33. The van der Waals surface area contributed by atoms with Crippen LogP contribution in [0.3, 0.4) is 0 Å². The normalized spacial score (nSPS) is 14.3. The molecule has 0 aliphatic carbocycles. The zero-order valence-electron chi connectivity index (χ0n) is 16.9. The fraction of sp³-hybridized carbons (Fsp3) is 0.400. The summed E-state index contributed by atoms with van der Waals surface area (Å²) >= 11 is 1.34. The van der Waals surface area contributed by atoms with Crippen LogP contribution in [0, 0.1) is 5.92 Å². The number of thiazole rings is 1. The Labute approximate surface area is 181 Å². The van der Waals surface area contributed by atoms with E-state index in [0.29, 0.717) is 42.8 Å². The van der Waals surface area contributed by atoms with Crippen LogP contribution >= 0.6 is 11.3 Å². The molecule has 1 fully saturated rings. The molecule has 4 rings (SSSR count). The van der Waals surface area contributed by atoms with E-state index in [1.165, 1.54) is 17.5 Å². The third kappa shape index (κ3) is 4.30. The number of aliphatic hydroxyl groups excluding tert-OH is 1. The molecule has 10 nitrogen and oxygen atoms in total. The van der Waals surface area contributed by atoms with E-state index in [0.717, 1.165) is 6.42 Å². The van der Waals surface area contributed by atoms with Crippen molar-refractivity contribution in [2.45, 2.75) is 12.7 Å². The Balaban J connectivity index is 1.58. The predicted octanol–water partition coefficient (Wildman–Crippen LogP) is 0.414. The molecule has 4 heterocycles. The topological polar surface area (TPSA) is 130 Å². The van der Waals surface area contributed by atoms with Crippen LogP contribution in [-0.2, 0) is 9.53 Å². The van der Waals surface area contributed by atoms with Gasteiger partial charge in [0.2, 0.25) is 5.91 Å². The molecule has 1 aliphatic rings. The minimum Gasteiger partial charge on any atom is -0.385 e. The number of aromatic nitrogens is 3. The minimum absolute atomic E-state index is 0.00871. The number of methoxy groups -OCH3 is 1. The molecule has 1 amide bonds. The maximum absolute atomic E-state index is 12.7. The van der Waals surface area contributed by atoms with Gasteiger partial charge in [-0.05, 0) is 18.6 Å². The smallest absolute Gasteiger partial charge is 0.226 e.